The van der Waals surface area contributed by atoms with E-state index in [2.05, 4.69) is 4.52 Å². The molecular formula is C12H16N2O10. The van der Waals surface area contributed by atoms with Crippen LogP contribution < -0.4 is 5.63 Å². The maximum atomic E-state index is 11.8. The van der Waals surface area contributed by atoms with Crippen molar-refractivity contribution in [3.05, 3.63) is 32.8 Å². The minimum atomic E-state index is -1.98. The van der Waals surface area contributed by atoms with Gasteiger partial charge in [0.25, 0.3) is 0 Å². The molecule has 4 N–H and O–H groups in total. The van der Waals surface area contributed by atoms with Gasteiger partial charge < -0.3 is 29.7 Å². The number of hydrogen-bond donors (Lipinski definition) is 4. The van der Waals surface area contributed by atoms with Crippen LogP contribution in [0, 0.1) is 10.1 Å². The minimum Gasteiger partial charge on any atom is -0.387 e. The topological polar surface area (TPSA) is 185 Å². The van der Waals surface area contributed by atoms with Gasteiger partial charge in [-0.05, 0) is 0 Å². The lowest BCUT2D eigenvalue weighted by atomic mass is 9.92. The third-order valence-corrected chi connectivity index (χ3v) is 3.61. The SMILES string of the molecule is O=C(CC[N+](=O)[O-])C(O)[C@H]1O[C@@H](n2ccc(=O)o2)[C@H](O)[C@@H](O)[C@@H]1O. The number of hydrogen-bond acceptors (Lipinski definition) is 10. The van der Waals surface area contributed by atoms with E-state index in [0.717, 1.165) is 17.0 Å². The highest BCUT2D eigenvalue weighted by Crippen LogP contribution is 2.30. The van der Waals surface area contributed by atoms with E-state index in [1.807, 2.05) is 0 Å². The molecule has 12 heteroatoms. The van der Waals surface area contributed by atoms with Crippen molar-refractivity contribution in [1.29, 1.82) is 0 Å². The molecule has 2 heterocycles. The summed E-state index contributed by atoms with van der Waals surface area (Å²) in [5.41, 5.74) is -0.773. The first-order chi connectivity index (χ1) is 11.2. The fourth-order valence-electron chi connectivity index (χ4n) is 2.33. The lowest BCUT2D eigenvalue weighted by Crippen LogP contribution is -2.60. The molecule has 0 aliphatic carbocycles. The summed E-state index contributed by atoms with van der Waals surface area (Å²) >= 11 is 0. The Morgan fingerprint density at radius 1 is 1.33 bits per heavy atom. The predicted octanol–water partition coefficient (Wildman–Crippen LogP) is -2.98. The van der Waals surface area contributed by atoms with Gasteiger partial charge in [-0.1, -0.05) is 0 Å². The van der Waals surface area contributed by atoms with E-state index in [1.165, 1.54) is 0 Å². The zero-order valence-corrected chi connectivity index (χ0v) is 12.2. The van der Waals surface area contributed by atoms with Gasteiger partial charge in [0, 0.05) is 17.2 Å². The van der Waals surface area contributed by atoms with Gasteiger partial charge in [-0.3, -0.25) is 14.9 Å². The van der Waals surface area contributed by atoms with E-state index < -0.39 is 66.0 Å². The Morgan fingerprint density at radius 2 is 2.00 bits per heavy atom. The standard InChI is InChI=1S/C12H16N2O10/c15-5(1-4-14(21)22)7(17)11-9(19)8(18)10(20)12(23-11)13-3-2-6(16)24-13/h2-3,7-12,17-20H,1,4H2/t7?,8-,9-,10+,11+,12+/m0/s1. The first-order valence-corrected chi connectivity index (χ1v) is 6.93. The molecule has 134 valence electrons. The number of aliphatic hydroxyl groups is 4. The number of carbonyl (C=O) groups is 1. The van der Waals surface area contributed by atoms with Gasteiger partial charge in [0.05, 0.1) is 6.42 Å². The van der Waals surface area contributed by atoms with E-state index in [1.54, 1.807) is 0 Å². The van der Waals surface area contributed by atoms with Crippen LogP contribution in [0.4, 0.5) is 0 Å². The average molecular weight is 348 g/mol. The molecule has 1 aliphatic rings. The second kappa shape index (κ2) is 7.19. The fourth-order valence-corrected chi connectivity index (χ4v) is 2.33. The second-order valence-corrected chi connectivity index (χ2v) is 5.27. The van der Waals surface area contributed by atoms with Crippen molar-refractivity contribution >= 4 is 5.78 Å². The molecule has 1 unspecified atom stereocenters. The molecule has 1 aromatic rings. The maximum Gasteiger partial charge on any atom is 0.357 e. The van der Waals surface area contributed by atoms with Crippen LogP contribution in [-0.2, 0) is 9.53 Å². The minimum absolute atomic E-state index is 0.608. The number of nitro groups is 1. The van der Waals surface area contributed by atoms with E-state index in [0.29, 0.717) is 0 Å². The Bertz CT molecular complexity index is 654. The highest BCUT2D eigenvalue weighted by molar-refractivity contribution is 5.83. The normalized spacial score (nSPS) is 31.6. The molecule has 1 aromatic heterocycles. The Morgan fingerprint density at radius 3 is 2.54 bits per heavy atom. The van der Waals surface area contributed by atoms with Crippen molar-refractivity contribution in [3.63, 3.8) is 0 Å². The Hall–Kier alpha value is -2.12. The summed E-state index contributed by atoms with van der Waals surface area (Å²) < 4.78 is 10.6. The Balaban J connectivity index is 2.17. The lowest BCUT2D eigenvalue weighted by molar-refractivity contribution is -0.478. The van der Waals surface area contributed by atoms with Crippen molar-refractivity contribution in [2.45, 2.75) is 43.2 Å². The predicted molar refractivity (Wildman–Crippen MR) is 72.4 cm³/mol. The number of Topliss-reactive ketones (excluding diaryl/α,β-unsaturated/α-hetero) is 1. The maximum absolute atomic E-state index is 11.8. The van der Waals surface area contributed by atoms with Crippen LogP contribution in [0.25, 0.3) is 0 Å². The van der Waals surface area contributed by atoms with Gasteiger partial charge in [0.2, 0.25) is 6.54 Å². The molecule has 0 spiro atoms. The number of rotatable bonds is 6. The van der Waals surface area contributed by atoms with Gasteiger partial charge in [0.15, 0.2) is 12.0 Å². The van der Waals surface area contributed by atoms with Crippen LogP contribution in [0.2, 0.25) is 0 Å². The van der Waals surface area contributed by atoms with E-state index >= 15 is 0 Å². The zero-order chi connectivity index (χ0) is 18.0. The van der Waals surface area contributed by atoms with Gasteiger partial charge in [-0.2, -0.15) is 4.74 Å². The van der Waals surface area contributed by atoms with Crippen molar-refractivity contribution in [1.82, 2.24) is 4.74 Å². The number of carbonyl (C=O) groups excluding carboxylic acids is 1. The molecule has 0 aromatic carbocycles. The zero-order valence-electron chi connectivity index (χ0n) is 12.2. The number of ether oxygens (including phenoxy) is 1. The van der Waals surface area contributed by atoms with E-state index in [9.17, 15) is 40.1 Å². The van der Waals surface area contributed by atoms with Gasteiger partial charge >= 0.3 is 5.63 Å². The molecule has 6 atom stereocenters. The highest BCUT2D eigenvalue weighted by Gasteiger charge is 2.49. The molecule has 0 amide bonds. The summed E-state index contributed by atoms with van der Waals surface area (Å²) in [5, 5.41) is 49.9. The van der Waals surface area contributed by atoms with Crippen LogP contribution in [0.15, 0.2) is 21.6 Å². The van der Waals surface area contributed by atoms with Crippen molar-refractivity contribution in [2.24, 2.45) is 0 Å². The van der Waals surface area contributed by atoms with Crippen LogP contribution >= 0.6 is 0 Å². The lowest BCUT2D eigenvalue weighted by Gasteiger charge is -2.41. The Labute approximate surface area is 133 Å². The van der Waals surface area contributed by atoms with Gasteiger partial charge in [-0.25, -0.2) is 4.79 Å². The molecule has 0 saturated carbocycles. The van der Waals surface area contributed by atoms with Crippen LogP contribution in [0.3, 0.4) is 0 Å². The monoisotopic (exact) mass is 348 g/mol. The molecular weight excluding hydrogens is 332 g/mol. The molecule has 1 saturated heterocycles. The summed E-state index contributed by atoms with van der Waals surface area (Å²) in [6.07, 6.45) is -10.0. The smallest absolute Gasteiger partial charge is 0.357 e. The summed E-state index contributed by atoms with van der Waals surface area (Å²) in [5.74, 6) is -0.980. The molecule has 24 heavy (non-hydrogen) atoms. The van der Waals surface area contributed by atoms with Crippen molar-refractivity contribution in [2.75, 3.05) is 6.54 Å². The molecule has 12 nitrogen and oxygen atoms in total. The number of aromatic nitrogens is 1. The average Bonchev–Trinajstić information content (AvgIpc) is 2.96. The van der Waals surface area contributed by atoms with E-state index in [4.69, 9.17) is 4.74 Å². The van der Waals surface area contributed by atoms with Gasteiger partial charge in [0.1, 0.15) is 30.5 Å². The molecule has 1 aliphatic heterocycles. The third kappa shape index (κ3) is 3.68. The number of ketones is 1. The van der Waals surface area contributed by atoms with Crippen molar-refractivity contribution in [3.8, 4) is 0 Å². The summed E-state index contributed by atoms with van der Waals surface area (Å²) in [6, 6.07) is 1.00. The highest BCUT2D eigenvalue weighted by atomic mass is 16.6. The van der Waals surface area contributed by atoms with Crippen LogP contribution in [-0.4, -0.2) is 72.9 Å². The molecule has 0 radical (unpaired) electrons. The molecule has 1 fully saturated rings. The number of aliphatic hydroxyl groups excluding tert-OH is 4. The van der Waals surface area contributed by atoms with E-state index in [-0.39, 0.29) is 0 Å². The summed E-state index contributed by atoms with van der Waals surface area (Å²) in [7, 11) is 0. The summed E-state index contributed by atoms with van der Waals surface area (Å²) in [6.45, 7) is -0.722. The first kappa shape index (κ1) is 18.2. The third-order valence-electron chi connectivity index (χ3n) is 3.61. The second-order valence-electron chi connectivity index (χ2n) is 5.27. The van der Waals surface area contributed by atoms with Crippen LogP contribution in [0.5, 0.6) is 0 Å². The molecule has 2 rings (SSSR count). The number of nitrogens with zero attached hydrogens (tertiary/aromatic N) is 2. The fraction of sp³-hybridized carbons (Fsp3) is 0.667. The summed E-state index contributed by atoms with van der Waals surface area (Å²) in [4.78, 5) is 32.3. The Kier molecular flexibility index (Phi) is 5.46. The van der Waals surface area contributed by atoms with Gasteiger partial charge in [-0.15, -0.1) is 0 Å². The molecule has 0 bridgehead atoms. The first-order valence-electron chi connectivity index (χ1n) is 6.93. The largest absolute Gasteiger partial charge is 0.387 e. The van der Waals surface area contributed by atoms with Crippen LogP contribution in [0.1, 0.15) is 12.6 Å². The van der Waals surface area contributed by atoms with Crippen molar-refractivity contribution < 1.29 is 39.4 Å². The quantitative estimate of drug-likeness (QED) is 0.305.